The maximum Gasteiger partial charge on any atom is 0.162 e. The lowest BCUT2D eigenvalue weighted by Crippen LogP contribution is -2.45. The molecule has 0 aliphatic carbocycles. The molecule has 0 aromatic heterocycles. The molecular formula is C21H28N2O2. The van der Waals surface area contributed by atoms with Crippen LogP contribution in [0.5, 0.6) is 11.5 Å². The average Bonchev–Trinajstić information content (AvgIpc) is 2.67. The molecule has 1 aliphatic heterocycles. The predicted molar refractivity (Wildman–Crippen MR) is 101 cm³/mol. The van der Waals surface area contributed by atoms with Gasteiger partial charge in [0.15, 0.2) is 11.5 Å². The van der Waals surface area contributed by atoms with Gasteiger partial charge in [-0.3, -0.25) is 0 Å². The summed E-state index contributed by atoms with van der Waals surface area (Å²) in [5.41, 5.74) is 1.21. The van der Waals surface area contributed by atoms with Crippen molar-refractivity contribution < 1.29 is 9.47 Å². The van der Waals surface area contributed by atoms with E-state index in [1.807, 2.05) is 30.3 Å². The van der Waals surface area contributed by atoms with E-state index in [0.29, 0.717) is 0 Å². The lowest BCUT2D eigenvalue weighted by Gasteiger charge is -2.33. The molecule has 4 heteroatoms. The van der Waals surface area contributed by atoms with Crippen LogP contribution in [0.4, 0.5) is 0 Å². The minimum atomic E-state index is 0.0251. The SMILES string of the molecule is COc1ccccc1OC(CCN1CCN(C)CC1)c1ccccc1. The Morgan fingerprint density at radius 3 is 2.20 bits per heavy atom. The molecule has 1 fully saturated rings. The van der Waals surface area contributed by atoms with Gasteiger partial charge in [-0.1, -0.05) is 42.5 Å². The zero-order chi connectivity index (χ0) is 17.5. The number of likely N-dealkylation sites (N-methyl/N-ethyl adjacent to an activating group) is 1. The molecule has 0 amide bonds. The number of piperazine rings is 1. The average molecular weight is 340 g/mol. The van der Waals surface area contributed by atoms with Crippen LogP contribution < -0.4 is 9.47 Å². The van der Waals surface area contributed by atoms with E-state index in [2.05, 4.69) is 41.1 Å². The molecule has 2 aromatic rings. The van der Waals surface area contributed by atoms with Gasteiger partial charge in [-0.05, 0) is 24.7 Å². The quantitative estimate of drug-likeness (QED) is 0.771. The minimum Gasteiger partial charge on any atom is -0.493 e. The summed E-state index contributed by atoms with van der Waals surface area (Å²) in [6, 6.07) is 18.3. The molecule has 1 saturated heterocycles. The van der Waals surface area contributed by atoms with Crippen molar-refractivity contribution in [3.05, 3.63) is 60.2 Å². The Bertz CT molecular complexity index is 639. The van der Waals surface area contributed by atoms with Crippen molar-refractivity contribution in [2.75, 3.05) is 46.9 Å². The van der Waals surface area contributed by atoms with Gasteiger partial charge >= 0.3 is 0 Å². The Kier molecular flexibility index (Phi) is 6.31. The van der Waals surface area contributed by atoms with Crippen LogP contribution in [0.15, 0.2) is 54.6 Å². The summed E-state index contributed by atoms with van der Waals surface area (Å²) in [5, 5.41) is 0. The molecule has 25 heavy (non-hydrogen) atoms. The van der Waals surface area contributed by atoms with Gasteiger partial charge in [0.25, 0.3) is 0 Å². The van der Waals surface area contributed by atoms with Gasteiger partial charge in [0.2, 0.25) is 0 Å². The van der Waals surface area contributed by atoms with Crippen LogP contribution in [0.25, 0.3) is 0 Å². The van der Waals surface area contributed by atoms with Crippen molar-refractivity contribution in [1.29, 1.82) is 0 Å². The molecule has 0 bridgehead atoms. The Labute approximate surface area is 151 Å². The molecule has 1 aliphatic rings. The van der Waals surface area contributed by atoms with E-state index in [1.165, 1.54) is 5.56 Å². The van der Waals surface area contributed by atoms with Crippen LogP contribution in [0.3, 0.4) is 0 Å². The topological polar surface area (TPSA) is 24.9 Å². The first-order valence-corrected chi connectivity index (χ1v) is 9.02. The molecule has 4 nitrogen and oxygen atoms in total. The van der Waals surface area contributed by atoms with E-state index in [0.717, 1.165) is 50.6 Å². The summed E-state index contributed by atoms with van der Waals surface area (Å²) in [7, 11) is 3.87. The molecule has 1 heterocycles. The van der Waals surface area contributed by atoms with Gasteiger partial charge in [-0.15, -0.1) is 0 Å². The maximum atomic E-state index is 6.37. The fourth-order valence-corrected chi connectivity index (χ4v) is 3.20. The molecule has 2 aromatic carbocycles. The standard InChI is InChI=1S/C21H28N2O2/c1-22-14-16-23(17-15-22)13-12-19(18-8-4-3-5-9-18)25-21-11-7-6-10-20(21)24-2/h3-11,19H,12-17H2,1-2H3. The van der Waals surface area contributed by atoms with Crippen LogP contribution in [0.2, 0.25) is 0 Å². The molecule has 0 spiro atoms. The monoisotopic (exact) mass is 340 g/mol. The normalized spacial score (nSPS) is 17.2. The van der Waals surface area contributed by atoms with Gasteiger partial charge < -0.3 is 19.3 Å². The van der Waals surface area contributed by atoms with Crippen molar-refractivity contribution in [3.63, 3.8) is 0 Å². The van der Waals surface area contributed by atoms with Gasteiger partial charge in [0.1, 0.15) is 6.10 Å². The van der Waals surface area contributed by atoms with Crippen molar-refractivity contribution in [2.45, 2.75) is 12.5 Å². The van der Waals surface area contributed by atoms with E-state index in [9.17, 15) is 0 Å². The van der Waals surface area contributed by atoms with E-state index in [1.54, 1.807) is 7.11 Å². The largest absolute Gasteiger partial charge is 0.493 e. The van der Waals surface area contributed by atoms with Gasteiger partial charge in [0.05, 0.1) is 7.11 Å². The van der Waals surface area contributed by atoms with Crippen LogP contribution in [-0.2, 0) is 0 Å². The molecule has 0 radical (unpaired) electrons. The fraction of sp³-hybridized carbons (Fsp3) is 0.429. The first kappa shape index (κ1) is 17.8. The number of para-hydroxylation sites is 2. The van der Waals surface area contributed by atoms with Crippen molar-refractivity contribution in [3.8, 4) is 11.5 Å². The summed E-state index contributed by atoms with van der Waals surface area (Å²) >= 11 is 0. The maximum absolute atomic E-state index is 6.37. The Morgan fingerprint density at radius 1 is 0.880 bits per heavy atom. The number of methoxy groups -OCH3 is 1. The Morgan fingerprint density at radius 2 is 1.52 bits per heavy atom. The smallest absolute Gasteiger partial charge is 0.162 e. The second kappa shape index (κ2) is 8.88. The van der Waals surface area contributed by atoms with Gasteiger partial charge in [-0.25, -0.2) is 0 Å². The molecule has 0 N–H and O–H groups in total. The Hall–Kier alpha value is -2.04. The molecule has 1 atom stereocenters. The highest BCUT2D eigenvalue weighted by Gasteiger charge is 2.19. The summed E-state index contributed by atoms with van der Waals surface area (Å²) in [5.74, 6) is 1.58. The summed E-state index contributed by atoms with van der Waals surface area (Å²) in [6.45, 7) is 5.59. The molecule has 0 saturated carbocycles. The van der Waals surface area contributed by atoms with Crippen LogP contribution in [0, 0.1) is 0 Å². The highest BCUT2D eigenvalue weighted by atomic mass is 16.5. The highest BCUT2D eigenvalue weighted by molar-refractivity contribution is 5.40. The number of benzene rings is 2. The summed E-state index contributed by atoms with van der Waals surface area (Å²) < 4.78 is 11.8. The molecule has 134 valence electrons. The number of ether oxygens (including phenoxy) is 2. The molecular weight excluding hydrogens is 312 g/mol. The van der Waals surface area contributed by atoms with Crippen LogP contribution in [-0.4, -0.2) is 56.7 Å². The Balaban J connectivity index is 1.69. The third kappa shape index (κ3) is 4.97. The molecule has 1 unspecified atom stereocenters. The number of hydrogen-bond acceptors (Lipinski definition) is 4. The van der Waals surface area contributed by atoms with Gasteiger partial charge in [-0.2, -0.15) is 0 Å². The summed E-state index contributed by atoms with van der Waals surface area (Å²) in [6.07, 6.45) is 0.989. The number of rotatable bonds is 7. The lowest BCUT2D eigenvalue weighted by molar-refractivity contribution is 0.122. The van der Waals surface area contributed by atoms with E-state index in [4.69, 9.17) is 9.47 Å². The zero-order valence-electron chi connectivity index (χ0n) is 15.2. The second-order valence-corrected chi connectivity index (χ2v) is 6.60. The van der Waals surface area contributed by atoms with E-state index >= 15 is 0 Å². The van der Waals surface area contributed by atoms with Crippen LogP contribution >= 0.6 is 0 Å². The van der Waals surface area contributed by atoms with E-state index in [-0.39, 0.29) is 6.10 Å². The molecule has 3 rings (SSSR count). The van der Waals surface area contributed by atoms with Crippen LogP contribution in [0.1, 0.15) is 18.1 Å². The van der Waals surface area contributed by atoms with Gasteiger partial charge in [0, 0.05) is 39.1 Å². The third-order valence-electron chi connectivity index (χ3n) is 4.81. The second-order valence-electron chi connectivity index (χ2n) is 6.60. The van der Waals surface area contributed by atoms with E-state index < -0.39 is 0 Å². The highest BCUT2D eigenvalue weighted by Crippen LogP contribution is 2.32. The third-order valence-corrected chi connectivity index (χ3v) is 4.81. The fourth-order valence-electron chi connectivity index (χ4n) is 3.20. The lowest BCUT2D eigenvalue weighted by atomic mass is 10.1. The van der Waals surface area contributed by atoms with Crippen molar-refractivity contribution in [2.24, 2.45) is 0 Å². The number of hydrogen-bond donors (Lipinski definition) is 0. The first-order chi connectivity index (χ1) is 12.3. The summed E-state index contributed by atoms with van der Waals surface area (Å²) in [4.78, 5) is 4.91. The van der Waals surface area contributed by atoms with Crippen molar-refractivity contribution in [1.82, 2.24) is 9.80 Å². The predicted octanol–water partition coefficient (Wildman–Crippen LogP) is 3.45. The minimum absolute atomic E-state index is 0.0251. The zero-order valence-corrected chi connectivity index (χ0v) is 15.2. The van der Waals surface area contributed by atoms with Crippen molar-refractivity contribution >= 4 is 0 Å². The first-order valence-electron chi connectivity index (χ1n) is 9.02. The number of nitrogens with zero attached hydrogens (tertiary/aromatic N) is 2.